The SMILES string of the molecule is CCOc1ccc(C(CN)Cc2cccc(OC)c2OCC)cc1C. The van der Waals surface area contributed by atoms with E-state index in [0.717, 1.165) is 34.8 Å². The second-order valence-corrected chi connectivity index (χ2v) is 5.98. The van der Waals surface area contributed by atoms with Crippen LogP contribution in [-0.2, 0) is 6.42 Å². The van der Waals surface area contributed by atoms with Crippen LogP contribution >= 0.6 is 0 Å². The number of hydrogen-bond acceptors (Lipinski definition) is 4. The van der Waals surface area contributed by atoms with Crippen molar-refractivity contribution in [2.24, 2.45) is 5.73 Å². The number of benzene rings is 2. The highest BCUT2D eigenvalue weighted by Gasteiger charge is 2.17. The maximum absolute atomic E-state index is 6.09. The molecule has 0 saturated heterocycles. The van der Waals surface area contributed by atoms with Crippen LogP contribution in [-0.4, -0.2) is 26.9 Å². The molecule has 2 aromatic rings. The van der Waals surface area contributed by atoms with Crippen molar-refractivity contribution >= 4 is 0 Å². The smallest absolute Gasteiger partial charge is 0.164 e. The first kappa shape index (κ1) is 19.1. The summed E-state index contributed by atoms with van der Waals surface area (Å²) < 4.78 is 16.9. The average Bonchev–Trinajstić information content (AvgIpc) is 2.62. The van der Waals surface area contributed by atoms with E-state index in [-0.39, 0.29) is 5.92 Å². The van der Waals surface area contributed by atoms with Gasteiger partial charge in [0.05, 0.1) is 20.3 Å². The summed E-state index contributed by atoms with van der Waals surface area (Å²) in [6, 6.07) is 12.3. The van der Waals surface area contributed by atoms with Crippen molar-refractivity contribution in [1.82, 2.24) is 0 Å². The molecule has 4 heteroatoms. The average molecular weight is 343 g/mol. The molecule has 1 atom stereocenters. The fraction of sp³-hybridized carbons (Fsp3) is 0.429. The van der Waals surface area contributed by atoms with Gasteiger partial charge in [-0.25, -0.2) is 0 Å². The third kappa shape index (κ3) is 4.67. The molecule has 2 aromatic carbocycles. The topological polar surface area (TPSA) is 53.7 Å². The third-order valence-electron chi connectivity index (χ3n) is 4.29. The highest BCUT2D eigenvalue weighted by molar-refractivity contribution is 5.48. The summed E-state index contributed by atoms with van der Waals surface area (Å²) in [5, 5.41) is 0. The molecule has 1 unspecified atom stereocenters. The van der Waals surface area contributed by atoms with Crippen LogP contribution in [0.1, 0.15) is 36.5 Å². The highest BCUT2D eigenvalue weighted by atomic mass is 16.5. The summed E-state index contributed by atoms with van der Waals surface area (Å²) in [5.41, 5.74) is 9.55. The van der Waals surface area contributed by atoms with Crippen LogP contribution in [0.2, 0.25) is 0 Å². The van der Waals surface area contributed by atoms with E-state index in [2.05, 4.69) is 25.1 Å². The van der Waals surface area contributed by atoms with Gasteiger partial charge in [0, 0.05) is 5.92 Å². The first-order chi connectivity index (χ1) is 12.1. The van der Waals surface area contributed by atoms with Gasteiger partial charge in [-0.2, -0.15) is 0 Å². The second-order valence-electron chi connectivity index (χ2n) is 5.98. The standard InChI is InChI=1S/C21H29NO3/c1-5-24-19-11-10-16(12-15(19)3)18(14-22)13-17-8-7-9-20(23-4)21(17)25-6-2/h7-12,18H,5-6,13-14,22H2,1-4H3. The van der Waals surface area contributed by atoms with Gasteiger partial charge >= 0.3 is 0 Å². The molecule has 0 heterocycles. The maximum Gasteiger partial charge on any atom is 0.164 e. The van der Waals surface area contributed by atoms with Gasteiger partial charge in [0.15, 0.2) is 11.5 Å². The fourth-order valence-corrected chi connectivity index (χ4v) is 3.04. The zero-order valence-electron chi connectivity index (χ0n) is 15.7. The van der Waals surface area contributed by atoms with Gasteiger partial charge in [-0.15, -0.1) is 0 Å². The second kappa shape index (κ2) is 9.33. The number of para-hydroxylation sites is 1. The fourth-order valence-electron chi connectivity index (χ4n) is 3.04. The zero-order chi connectivity index (χ0) is 18.2. The summed E-state index contributed by atoms with van der Waals surface area (Å²) in [6.45, 7) is 7.88. The van der Waals surface area contributed by atoms with E-state index in [9.17, 15) is 0 Å². The predicted molar refractivity (Wildman–Crippen MR) is 102 cm³/mol. The third-order valence-corrected chi connectivity index (χ3v) is 4.29. The number of ether oxygens (including phenoxy) is 3. The number of rotatable bonds is 9. The Bertz CT molecular complexity index is 685. The van der Waals surface area contributed by atoms with E-state index in [1.165, 1.54) is 5.56 Å². The van der Waals surface area contributed by atoms with Crippen molar-refractivity contribution in [3.8, 4) is 17.2 Å². The maximum atomic E-state index is 6.09. The molecule has 0 saturated carbocycles. The Morgan fingerprint density at radius 2 is 1.76 bits per heavy atom. The Morgan fingerprint density at radius 3 is 2.36 bits per heavy atom. The molecule has 0 aromatic heterocycles. The normalized spacial score (nSPS) is 11.9. The summed E-state index contributed by atoms with van der Waals surface area (Å²) in [5.74, 6) is 2.71. The molecule has 0 bridgehead atoms. The van der Waals surface area contributed by atoms with E-state index in [1.807, 2.05) is 32.0 Å². The lowest BCUT2D eigenvalue weighted by molar-refractivity contribution is 0.307. The van der Waals surface area contributed by atoms with E-state index in [1.54, 1.807) is 7.11 Å². The van der Waals surface area contributed by atoms with Crippen molar-refractivity contribution in [2.75, 3.05) is 26.9 Å². The van der Waals surface area contributed by atoms with Gasteiger partial charge in [-0.05, 0) is 62.6 Å². The van der Waals surface area contributed by atoms with Gasteiger partial charge in [-0.3, -0.25) is 0 Å². The van der Waals surface area contributed by atoms with Gasteiger partial charge < -0.3 is 19.9 Å². The lowest BCUT2D eigenvalue weighted by Gasteiger charge is -2.20. The van der Waals surface area contributed by atoms with Crippen LogP contribution in [0.15, 0.2) is 36.4 Å². The highest BCUT2D eigenvalue weighted by Crippen LogP contribution is 2.35. The number of methoxy groups -OCH3 is 1. The Kier molecular flexibility index (Phi) is 7.14. The van der Waals surface area contributed by atoms with Crippen LogP contribution < -0.4 is 19.9 Å². The molecule has 136 valence electrons. The minimum absolute atomic E-state index is 0.209. The van der Waals surface area contributed by atoms with Gasteiger partial charge in [-0.1, -0.05) is 24.3 Å². The lowest BCUT2D eigenvalue weighted by atomic mass is 9.90. The minimum Gasteiger partial charge on any atom is -0.494 e. The van der Waals surface area contributed by atoms with Crippen molar-refractivity contribution in [3.63, 3.8) is 0 Å². The quantitative estimate of drug-likeness (QED) is 0.745. The van der Waals surface area contributed by atoms with Crippen LogP contribution in [0.5, 0.6) is 17.2 Å². The number of aryl methyl sites for hydroxylation is 1. The predicted octanol–water partition coefficient (Wildman–Crippen LogP) is 4.09. The number of hydrogen-bond donors (Lipinski definition) is 1. The molecule has 0 aliphatic heterocycles. The summed E-state index contributed by atoms with van der Waals surface area (Å²) in [6.07, 6.45) is 0.802. The van der Waals surface area contributed by atoms with Gasteiger partial charge in [0.25, 0.3) is 0 Å². The molecule has 2 rings (SSSR count). The molecular formula is C21H29NO3. The van der Waals surface area contributed by atoms with E-state index < -0.39 is 0 Å². The van der Waals surface area contributed by atoms with Crippen LogP contribution in [0.4, 0.5) is 0 Å². The van der Waals surface area contributed by atoms with Crippen LogP contribution in [0.25, 0.3) is 0 Å². The van der Waals surface area contributed by atoms with Crippen molar-refractivity contribution in [3.05, 3.63) is 53.1 Å². The molecule has 0 radical (unpaired) electrons. The molecular weight excluding hydrogens is 314 g/mol. The van der Waals surface area contributed by atoms with Crippen LogP contribution in [0, 0.1) is 6.92 Å². The van der Waals surface area contributed by atoms with Crippen molar-refractivity contribution in [1.29, 1.82) is 0 Å². The summed E-state index contributed by atoms with van der Waals surface area (Å²) in [7, 11) is 1.66. The molecule has 2 N–H and O–H groups in total. The van der Waals surface area contributed by atoms with E-state index in [4.69, 9.17) is 19.9 Å². The number of nitrogens with two attached hydrogens (primary N) is 1. The molecule has 25 heavy (non-hydrogen) atoms. The monoisotopic (exact) mass is 343 g/mol. The Morgan fingerprint density at radius 1 is 1.00 bits per heavy atom. The first-order valence-electron chi connectivity index (χ1n) is 8.86. The Labute approximate surface area is 150 Å². The summed E-state index contributed by atoms with van der Waals surface area (Å²) >= 11 is 0. The van der Waals surface area contributed by atoms with Crippen molar-refractivity contribution in [2.45, 2.75) is 33.1 Å². The van der Waals surface area contributed by atoms with E-state index in [0.29, 0.717) is 19.8 Å². The first-order valence-corrected chi connectivity index (χ1v) is 8.86. The molecule has 4 nitrogen and oxygen atoms in total. The Hall–Kier alpha value is -2.20. The lowest BCUT2D eigenvalue weighted by Crippen LogP contribution is -2.16. The summed E-state index contributed by atoms with van der Waals surface area (Å²) in [4.78, 5) is 0. The molecule has 0 fully saturated rings. The molecule has 0 aliphatic rings. The van der Waals surface area contributed by atoms with Gasteiger partial charge in [0.2, 0.25) is 0 Å². The Balaban J connectivity index is 2.29. The van der Waals surface area contributed by atoms with E-state index >= 15 is 0 Å². The van der Waals surface area contributed by atoms with Crippen LogP contribution in [0.3, 0.4) is 0 Å². The molecule has 0 amide bonds. The molecule has 0 spiro atoms. The largest absolute Gasteiger partial charge is 0.494 e. The molecule has 0 aliphatic carbocycles. The van der Waals surface area contributed by atoms with Gasteiger partial charge in [0.1, 0.15) is 5.75 Å². The zero-order valence-corrected chi connectivity index (χ0v) is 15.7. The van der Waals surface area contributed by atoms with Crippen molar-refractivity contribution < 1.29 is 14.2 Å². The minimum atomic E-state index is 0.209.